The van der Waals surface area contributed by atoms with Crippen LogP contribution in [0.5, 0.6) is 0 Å². The first-order chi connectivity index (χ1) is 11.1. The third-order valence-electron chi connectivity index (χ3n) is 3.25. The lowest BCUT2D eigenvalue weighted by molar-refractivity contribution is -0.605. The summed E-state index contributed by atoms with van der Waals surface area (Å²) >= 11 is 1.25. The van der Waals surface area contributed by atoms with Gasteiger partial charge in [0.2, 0.25) is 0 Å². The number of nitrogens with zero attached hydrogens (tertiary/aromatic N) is 2. The fraction of sp³-hybridized carbons (Fsp3) is 0.143. The molecule has 0 aromatic carbocycles. The van der Waals surface area contributed by atoms with Crippen molar-refractivity contribution in [2.75, 3.05) is 6.54 Å². The van der Waals surface area contributed by atoms with Crippen LogP contribution in [0, 0.1) is 5.21 Å². The summed E-state index contributed by atoms with van der Waals surface area (Å²) in [5.41, 5.74) is -0.190. The fourth-order valence-electron chi connectivity index (χ4n) is 2.15. The minimum Gasteiger partial charge on any atom is -0.619 e. The molecule has 0 fully saturated rings. The van der Waals surface area contributed by atoms with Crippen molar-refractivity contribution in [1.29, 1.82) is 0 Å². The van der Waals surface area contributed by atoms with Crippen LogP contribution in [-0.4, -0.2) is 22.0 Å². The van der Waals surface area contributed by atoms with Gasteiger partial charge in [-0.3, -0.25) is 14.2 Å². The number of rotatable bonds is 4. The zero-order valence-corrected chi connectivity index (χ0v) is 12.6. The molecule has 0 spiro atoms. The molecule has 0 saturated heterocycles. The van der Waals surface area contributed by atoms with E-state index in [1.54, 1.807) is 11.4 Å². The molecule has 3 rings (SSSR count). The number of pyridine rings is 1. The molecular formula is C14H12N4O4S. The van der Waals surface area contributed by atoms with E-state index in [9.17, 15) is 19.6 Å². The average Bonchev–Trinajstić information content (AvgIpc) is 2.98. The van der Waals surface area contributed by atoms with Crippen molar-refractivity contribution >= 4 is 27.5 Å². The van der Waals surface area contributed by atoms with E-state index in [2.05, 4.69) is 10.3 Å². The smallest absolute Gasteiger partial charge is 0.328 e. The van der Waals surface area contributed by atoms with Gasteiger partial charge in [-0.25, -0.2) is 4.79 Å². The molecule has 0 unspecified atom stereocenters. The third-order valence-corrected chi connectivity index (χ3v) is 4.15. The number of fused-ring (bicyclic) bond motifs is 1. The van der Waals surface area contributed by atoms with Gasteiger partial charge in [0, 0.05) is 19.2 Å². The molecule has 3 aromatic heterocycles. The third kappa shape index (κ3) is 2.99. The second kappa shape index (κ2) is 6.05. The number of carbonyl (C=O) groups is 1. The van der Waals surface area contributed by atoms with Gasteiger partial charge in [0.25, 0.3) is 11.5 Å². The maximum absolute atomic E-state index is 12.2. The van der Waals surface area contributed by atoms with E-state index in [0.29, 0.717) is 14.9 Å². The standard InChI is InChI=1S/C14H12N4O4S/c19-12(9-2-1-5-17(22)8-9)15-4-6-18-13(20)11-10(3-7-23-11)16-14(18)21/h1-3,5,7-8H,4,6H2,(H,15,19)(H,16,21). The Morgan fingerprint density at radius 2 is 2.22 bits per heavy atom. The molecule has 1 amide bonds. The number of aromatic amines is 1. The summed E-state index contributed by atoms with van der Waals surface area (Å²) < 4.78 is 2.03. The number of amides is 1. The van der Waals surface area contributed by atoms with Crippen LogP contribution in [0.4, 0.5) is 0 Å². The molecule has 118 valence electrons. The van der Waals surface area contributed by atoms with E-state index in [4.69, 9.17) is 0 Å². The molecule has 2 N–H and O–H groups in total. The molecule has 3 heterocycles. The van der Waals surface area contributed by atoms with Crippen LogP contribution in [0.1, 0.15) is 10.4 Å². The summed E-state index contributed by atoms with van der Waals surface area (Å²) in [6.07, 6.45) is 2.41. The Morgan fingerprint density at radius 3 is 3.00 bits per heavy atom. The summed E-state index contributed by atoms with van der Waals surface area (Å²) in [5.74, 6) is -0.447. The highest BCUT2D eigenvalue weighted by Crippen LogP contribution is 2.11. The van der Waals surface area contributed by atoms with E-state index < -0.39 is 11.6 Å². The highest BCUT2D eigenvalue weighted by molar-refractivity contribution is 7.17. The maximum atomic E-state index is 12.2. The average molecular weight is 332 g/mol. The molecule has 0 radical (unpaired) electrons. The summed E-state index contributed by atoms with van der Waals surface area (Å²) in [6, 6.07) is 4.63. The summed E-state index contributed by atoms with van der Waals surface area (Å²) in [5, 5.41) is 15.4. The van der Waals surface area contributed by atoms with Gasteiger partial charge in [0.1, 0.15) is 10.3 Å². The van der Waals surface area contributed by atoms with Gasteiger partial charge >= 0.3 is 5.69 Å². The van der Waals surface area contributed by atoms with E-state index >= 15 is 0 Å². The van der Waals surface area contributed by atoms with E-state index in [1.807, 2.05) is 0 Å². The van der Waals surface area contributed by atoms with Crippen molar-refractivity contribution in [2.45, 2.75) is 6.54 Å². The van der Waals surface area contributed by atoms with Crippen LogP contribution < -0.4 is 21.3 Å². The van der Waals surface area contributed by atoms with Crippen molar-refractivity contribution in [3.8, 4) is 0 Å². The Morgan fingerprint density at radius 1 is 1.39 bits per heavy atom. The lowest BCUT2D eigenvalue weighted by Gasteiger charge is -2.07. The Bertz CT molecular complexity index is 988. The zero-order chi connectivity index (χ0) is 16.4. The number of aromatic nitrogens is 3. The van der Waals surface area contributed by atoms with Gasteiger partial charge in [0.15, 0.2) is 12.4 Å². The van der Waals surface area contributed by atoms with E-state index in [0.717, 1.165) is 10.8 Å². The minimum atomic E-state index is -0.521. The quantitative estimate of drug-likeness (QED) is 0.510. The van der Waals surface area contributed by atoms with Gasteiger partial charge < -0.3 is 15.5 Å². The normalized spacial score (nSPS) is 10.8. The molecule has 0 aliphatic rings. The van der Waals surface area contributed by atoms with Gasteiger partial charge in [-0.15, -0.1) is 11.3 Å². The lowest BCUT2D eigenvalue weighted by Crippen LogP contribution is -2.39. The van der Waals surface area contributed by atoms with Crippen LogP contribution in [0.25, 0.3) is 10.2 Å². The topological polar surface area (TPSA) is 111 Å². The Labute approximate surface area is 133 Å². The SMILES string of the molecule is O=C(NCCn1c(=O)[nH]c2ccsc2c1=O)c1ccc[n+]([O-])c1. The number of H-pyrrole nitrogens is 1. The highest BCUT2D eigenvalue weighted by atomic mass is 32.1. The number of hydrogen-bond donors (Lipinski definition) is 2. The number of nitrogens with one attached hydrogen (secondary N) is 2. The first-order valence-electron chi connectivity index (χ1n) is 6.73. The number of thiophene rings is 1. The summed E-state index contributed by atoms with van der Waals surface area (Å²) in [4.78, 5) is 38.6. The Balaban J connectivity index is 1.73. The molecular weight excluding hydrogens is 320 g/mol. The van der Waals surface area contributed by atoms with Crippen LogP contribution in [0.3, 0.4) is 0 Å². The lowest BCUT2D eigenvalue weighted by atomic mass is 10.3. The first-order valence-corrected chi connectivity index (χ1v) is 7.61. The van der Waals surface area contributed by atoms with Crippen molar-refractivity contribution in [2.24, 2.45) is 0 Å². The molecule has 0 atom stereocenters. The molecule has 9 heteroatoms. The van der Waals surface area contributed by atoms with E-state index in [-0.39, 0.29) is 24.2 Å². The van der Waals surface area contributed by atoms with Gasteiger partial charge in [-0.1, -0.05) is 0 Å². The highest BCUT2D eigenvalue weighted by Gasteiger charge is 2.11. The second-order valence-electron chi connectivity index (χ2n) is 4.76. The number of hydrogen-bond acceptors (Lipinski definition) is 5. The Hall–Kier alpha value is -2.94. The first kappa shape index (κ1) is 15.0. The molecule has 8 nitrogen and oxygen atoms in total. The minimum absolute atomic E-state index is 0.0396. The molecule has 3 aromatic rings. The molecule has 0 saturated carbocycles. The van der Waals surface area contributed by atoms with Gasteiger partial charge in [0.05, 0.1) is 5.52 Å². The van der Waals surface area contributed by atoms with Crippen LogP contribution in [0.15, 0.2) is 45.6 Å². The predicted octanol–water partition coefficient (Wildman–Crippen LogP) is -0.185. The van der Waals surface area contributed by atoms with Crippen molar-refractivity contribution in [1.82, 2.24) is 14.9 Å². The van der Waals surface area contributed by atoms with Gasteiger partial charge in [-0.05, 0) is 17.5 Å². The summed E-state index contributed by atoms with van der Waals surface area (Å²) in [6.45, 7) is 0.129. The van der Waals surface area contributed by atoms with Crippen molar-refractivity contribution < 1.29 is 9.52 Å². The van der Waals surface area contributed by atoms with Crippen LogP contribution in [0.2, 0.25) is 0 Å². The molecule has 0 aliphatic heterocycles. The fourth-order valence-corrected chi connectivity index (χ4v) is 2.94. The number of carbonyl (C=O) groups excluding carboxylic acids is 1. The molecule has 0 bridgehead atoms. The summed E-state index contributed by atoms with van der Waals surface area (Å²) in [7, 11) is 0. The van der Waals surface area contributed by atoms with Gasteiger partial charge in [-0.2, -0.15) is 4.73 Å². The van der Waals surface area contributed by atoms with Crippen molar-refractivity contribution in [3.05, 3.63) is 67.6 Å². The van der Waals surface area contributed by atoms with Crippen LogP contribution in [-0.2, 0) is 6.54 Å². The monoisotopic (exact) mass is 332 g/mol. The Kier molecular flexibility index (Phi) is 3.94. The van der Waals surface area contributed by atoms with Crippen molar-refractivity contribution in [3.63, 3.8) is 0 Å². The molecule has 0 aliphatic carbocycles. The zero-order valence-electron chi connectivity index (χ0n) is 11.8. The van der Waals surface area contributed by atoms with Crippen LogP contribution >= 0.6 is 11.3 Å². The largest absolute Gasteiger partial charge is 0.619 e. The van der Waals surface area contributed by atoms with E-state index in [1.165, 1.54) is 29.7 Å². The predicted molar refractivity (Wildman–Crippen MR) is 84.4 cm³/mol. The second-order valence-corrected chi connectivity index (χ2v) is 5.67. The molecule has 23 heavy (non-hydrogen) atoms. The maximum Gasteiger partial charge on any atom is 0.328 e.